The van der Waals surface area contributed by atoms with E-state index < -0.39 is 17.3 Å². The van der Waals surface area contributed by atoms with Crippen molar-refractivity contribution in [3.63, 3.8) is 0 Å². The second kappa shape index (κ2) is 6.23. The number of esters is 1. The normalized spacial score (nSPS) is 23.4. The molecule has 1 atom stereocenters. The molecule has 1 aromatic rings. The predicted octanol–water partition coefficient (Wildman–Crippen LogP) is 1.03. The predicted molar refractivity (Wildman–Crippen MR) is 95.2 cm³/mol. The molecule has 2 aliphatic heterocycles. The van der Waals surface area contributed by atoms with E-state index in [0.717, 1.165) is 0 Å². The van der Waals surface area contributed by atoms with Crippen LogP contribution in [0.1, 0.15) is 24.8 Å². The summed E-state index contributed by atoms with van der Waals surface area (Å²) in [5, 5.41) is 9.86. The zero-order chi connectivity index (χ0) is 20.1. The van der Waals surface area contributed by atoms with Crippen LogP contribution < -0.4 is 10.5 Å². The van der Waals surface area contributed by atoms with Gasteiger partial charge in [-0.05, 0) is 18.9 Å². The number of Topliss-reactive ketones (excluding diaryl/α,β-unsaturated/α-hetero) is 1. The van der Waals surface area contributed by atoms with Crippen molar-refractivity contribution >= 4 is 17.7 Å². The van der Waals surface area contributed by atoms with E-state index in [-0.39, 0.29) is 35.8 Å². The van der Waals surface area contributed by atoms with Crippen LogP contribution in [0, 0.1) is 11.3 Å². The van der Waals surface area contributed by atoms with Crippen LogP contribution in [-0.2, 0) is 24.5 Å². The van der Waals surface area contributed by atoms with E-state index in [1.165, 1.54) is 12.0 Å². The average Bonchev–Trinajstić information content (AvgIpc) is 2.93. The Kier molecular flexibility index (Phi) is 3.96. The van der Waals surface area contributed by atoms with Gasteiger partial charge in [-0.1, -0.05) is 18.2 Å². The molecule has 0 aromatic heterocycles. The first-order valence-electron chi connectivity index (χ1n) is 8.80. The van der Waals surface area contributed by atoms with Gasteiger partial charge in [-0.3, -0.25) is 14.4 Å². The molecule has 1 spiro atoms. The van der Waals surface area contributed by atoms with Crippen molar-refractivity contribution in [3.05, 3.63) is 52.6 Å². The first-order chi connectivity index (χ1) is 13.5. The number of methoxy groups -OCH3 is 1. The number of nitrogens with zero attached hydrogens (tertiary/aromatic N) is 2. The Morgan fingerprint density at radius 1 is 1.36 bits per heavy atom. The minimum atomic E-state index is -1.70. The number of ketones is 1. The van der Waals surface area contributed by atoms with Crippen molar-refractivity contribution < 1.29 is 23.9 Å². The summed E-state index contributed by atoms with van der Waals surface area (Å²) in [6.45, 7) is -0.342. The summed E-state index contributed by atoms with van der Waals surface area (Å²) in [6, 6.07) is 8.66. The first-order valence-corrected chi connectivity index (χ1v) is 8.80. The standard InChI is InChI=1S/C20H17N3O5/c1-27-16(25)10-23-13-6-4-7-14(24)17(13)20(19(23)26)11-5-2-3-8-15(11)28-18(22)12(20)9-21/h2-3,5,8H,4,6-7,10,22H2,1H3/t20-/m1/s1. The quantitative estimate of drug-likeness (QED) is 0.761. The average molecular weight is 379 g/mol. The van der Waals surface area contributed by atoms with Crippen LogP contribution in [0.3, 0.4) is 0 Å². The van der Waals surface area contributed by atoms with Gasteiger partial charge in [-0.2, -0.15) is 5.26 Å². The van der Waals surface area contributed by atoms with E-state index in [4.69, 9.17) is 15.2 Å². The molecule has 3 aliphatic rings. The maximum absolute atomic E-state index is 13.8. The molecule has 0 unspecified atom stereocenters. The van der Waals surface area contributed by atoms with Crippen molar-refractivity contribution in [1.82, 2.24) is 4.90 Å². The number of allylic oxidation sites excluding steroid dienone is 1. The van der Waals surface area contributed by atoms with Crippen molar-refractivity contribution in [1.29, 1.82) is 5.26 Å². The Morgan fingerprint density at radius 2 is 2.11 bits per heavy atom. The molecule has 142 valence electrons. The Hall–Kier alpha value is -3.60. The second-order valence-electron chi connectivity index (χ2n) is 6.77. The Morgan fingerprint density at radius 3 is 2.82 bits per heavy atom. The topological polar surface area (TPSA) is 123 Å². The van der Waals surface area contributed by atoms with Gasteiger partial charge in [0.2, 0.25) is 11.8 Å². The molecule has 0 fully saturated rings. The highest BCUT2D eigenvalue weighted by Gasteiger charge is 2.62. The Balaban J connectivity index is 2.06. The highest BCUT2D eigenvalue weighted by Crippen LogP contribution is 2.55. The third-order valence-corrected chi connectivity index (χ3v) is 5.41. The fourth-order valence-corrected chi connectivity index (χ4v) is 4.29. The number of fused-ring (bicyclic) bond motifs is 3. The molecule has 2 heterocycles. The molecule has 8 heteroatoms. The van der Waals surface area contributed by atoms with Gasteiger partial charge in [0.05, 0.1) is 7.11 Å². The van der Waals surface area contributed by atoms with Crippen molar-refractivity contribution in [2.24, 2.45) is 5.73 Å². The number of ether oxygens (including phenoxy) is 2. The van der Waals surface area contributed by atoms with E-state index in [2.05, 4.69) is 0 Å². The van der Waals surface area contributed by atoms with E-state index in [1.807, 2.05) is 6.07 Å². The third-order valence-electron chi connectivity index (χ3n) is 5.41. The van der Waals surface area contributed by atoms with Crippen LogP contribution in [0.5, 0.6) is 5.75 Å². The summed E-state index contributed by atoms with van der Waals surface area (Å²) in [5.41, 5.74) is 5.20. The number of nitriles is 1. The number of amides is 1. The number of para-hydroxylation sites is 1. The minimum absolute atomic E-state index is 0.133. The Labute approximate surface area is 160 Å². The van der Waals surface area contributed by atoms with Gasteiger partial charge in [0, 0.05) is 23.3 Å². The molecular weight excluding hydrogens is 362 g/mol. The molecule has 1 aliphatic carbocycles. The molecule has 1 amide bonds. The van der Waals surface area contributed by atoms with Gasteiger partial charge >= 0.3 is 5.97 Å². The summed E-state index contributed by atoms with van der Waals surface area (Å²) in [6.07, 6.45) is 1.24. The van der Waals surface area contributed by atoms with Crippen LogP contribution >= 0.6 is 0 Å². The number of benzene rings is 1. The number of carbonyl (C=O) groups excluding carboxylic acids is 3. The zero-order valence-corrected chi connectivity index (χ0v) is 15.2. The lowest BCUT2D eigenvalue weighted by atomic mass is 9.65. The lowest BCUT2D eigenvalue weighted by molar-refractivity contribution is -0.146. The zero-order valence-electron chi connectivity index (χ0n) is 15.2. The SMILES string of the molecule is COC(=O)CN1C(=O)[C@]2(C(C#N)=C(N)Oc3ccccc32)C2=C1CCCC2=O. The van der Waals surface area contributed by atoms with Crippen molar-refractivity contribution in [3.8, 4) is 11.8 Å². The van der Waals surface area contributed by atoms with Crippen molar-refractivity contribution in [2.75, 3.05) is 13.7 Å². The van der Waals surface area contributed by atoms with Crippen molar-refractivity contribution in [2.45, 2.75) is 24.7 Å². The van der Waals surface area contributed by atoms with E-state index in [9.17, 15) is 19.6 Å². The molecule has 8 nitrogen and oxygen atoms in total. The van der Waals surface area contributed by atoms with Crippen LogP contribution in [0.2, 0.25) is 0 Å². The number of rotatable bonds is 2. The number of hydrogen-bond donors (Lipinski definition) is 1. The Bertz CT molecular complexity index is 1030. The van der Waals surface area contributed by atoms with E-state index in [1.54, 1.807) is 24.3 Å². The van der Waals surface area contributed by atoms with Gasteiger partial charge in [0.25, 0.3) is 0 Å². The monoisotopic (exact) mass is 379 g/mol. The molecule has 4 rings (SSSR count). The molecular formula is C20H17N3O5. The fraction of sp³-hybridized carbons (Fsp3) is 0.300. The fourth-order valence-electron chi connectivity index (χ4n) is 4.29. The van der Waals surface area contributed by atoms with Gasteiger partial charge in [0.1, 0.15) is 29.4 Å². The van der Waals surface area contributed by atoms with Crippen LogP contribution in [-0.4, -0.2) is 36.2 Å². The molecule has 0 saturated carbocycles. The summed E-state index contributed by atoms with van der Waals surface area (Å²) in [4.78, 5) is 40.0. The molecule has 0 saturated heterocycles. The highest BCUT2D eigenvalue weighted by atomic mass is 16.5. The molecule has 2 N–H and O–H groups in total. The lowest BCUT2D eigenvalue weighted by Crippen LogP contribution is -2.47. The van der Waals surface area contributed by atoms with E-state index >= 15 is 0 Å². The summed E-state index contributed by atoms with van der Waals surface area (Å²) in [5.74, 6) is -1.34. The maximum Gasteiger partial charge on any atom is 0.325 e. The number of nitrogens with two attached hydrogens (primary N) is 1. The van der Waals surface area contributed by atoms with Gasteiger partial charge < -0.3 is 20.1 Å². The van der Waals surface area contributed by atoms with Crippen LogP contribution in [0.15, 0.2) is 47.0 Å². The third kappa shape index (κ3) is 2.13. The van der Waals surface area contributed by atoms with Gasteiger partial charge in [-0.25, -0.2) is 0 Å². The number of carbonyl (C=O) groups is 3. The van der Waals surface area contributed by atoms with Crippen LogP contribution in [0.25, 0.3) is 0 Å². The van der Waals surface area contributed by atoms with Gasteiger partial charge in [0.15, 0.2) is 5.78 Å². The lowest BCUT2D eigenvalue weighted by Gasteiger charge is -2.35. The van der Waals surface area contributed by atoms with E-state index in [0.29, 0.717) is 29.9 Å². The molecule has 0 bridgehead atoms. The first kappa shape index (κ1) is 17.8. The minimum Gasteiger partial charge on any atom is -0.468 e. The summed E-state index contributed by atoms with van der Waals surface area (Å²) in [7, 11) is 1.22. The summed E-state index contributed by atoms with van der Waals surface area (Å²) < 4.78 is 10.3. The number of hydrogen-bond acceptors (Lipinski definition) is 7. The molecule has 28 heavy (non-hydrogen) atoms. The highest BCUT2D eigenvalue weighted by molar-refractivity contribution is 6.15. The second-order valence-corrected chi connectivity index (χ2v) is 6.77. The van der Waals surface area contributed by atoms with Crippen LogP contribution in [0.4, 0.5) is 0 Å². The largest absolute Gasteiger partial charge is 0.468 e. The summed E-state index contributed by atoms with van der Waals surface area (Å²) >= 11 is 0. The van der Waals surface area contributed by atoms with Gasteiger partial charge in [-0.15, -0.1) is 0 Å². The molecule has 0 radical (unpaired) electrons. The smallest absolute Gasteiger partial charge is 0.325 e. The maximum atomic E-state index is 13.8. The molecule has 1 aromatic carbocycles.